The molecule has 2 aromatic carbocycles. The van der Waals surface area contributed by atoms with E-state index in [1.54, 1.807) is 42.5 Å². The van der Waals surface area contributed by atoms with Gasteiger partial charge in [-0.25, -0.2) is 9.50 Å². The Balaban J connectivity index is 1.83. The fourth-order valence-electron chi connectivity index (χ4n) is 3.06. The predicted octanol–water partition coefficient (Wildman–Crippen LogP) is 5.19. The molecule has 0 fully saturated rings. The summed E-state index contributed by atoms with van der Waals surface area (Å²) in [5.74, 6) is -2.03. The van der Waals surface area contributed by atoms with E-state index in [2.05, 4.69) is 10.1 Å². The van der Waals surface area contributed by atoms with Gasteiger partial charge in [-0.3, -0.25) is 0 Å². The molecule has 1 aliphatic heterocycles. The van der Waals surface area contributed by atoms with Gasteiger partial charge in [0.1, 0.15) is 6.33 Å². The number of hydrogen-bond acceptors (Lipinski definition) is 3. The minimum absolute atomic E-state index is 0.188. The SMILES string of the molecule is [2H]C1([2H])c2ccccc2C([2H])(c2ccc(Cl)c(Cl)c2)C([2H])([2H])N1c1ccc2ncnn2c1. The third kappa shape index (κ3) is 2.95. The molecule has 0 saturated heterocycles. The zero-order valence-corrected chi connectivity index (χ0v) is 15.4. The average Bonchev–Trinajstić information content (AvgIpc) is 3.22. The van der Waals surface area contributed by atoms with Crippen molar-refractivity contribution in [3.05, 3.63) is 93.9 Å². The Bertz CT molecular complexity index is 1360. The fraction of sp³-hybridized carbons (Fsp3) is 0.143. The van der Waals surface area contributed by atoms with Crippen molar-refractivity contribution in [2.75, 3.05) is 11.4 Å². The summed E-state index contributed by atoms with van der Waals surface area (Å²) in [5.41, 5.74) is 1.41. The molecular formula is C21H16Cl2N4. The first-order valence-corrected chi connectivity index (χ1v) is 8.99. The normalized spacial score (nSPS) is 25.7. The zero-order valence-electron chi connectivity index (χ0n) is 18.9. The molecule has 134 valence electrons. The second-order valence-electron chi connectivity index (χ2n) is 6.06. The van der Waals surface area contributed by atoms with Gasteiger partial charge in [-0.1, -0.05) is 53.5 Å². The van der Waals surface area contributed by atoms with E-state index in [0.717, 1.165) is 4.90 Å². The Morgan fingerprint density at radius 3 is 2.85 bits per heavy atom. The molecule has 2 aromatic heterocycles. The van der Waals surface area contributed by atoms with Crippen molar-refractivity contribution in [3.8, 4) is 0 Å². The van der Waals surface area contributed by atoms with Gasteiger partial charge in [-0.05, 0) is 41.0 Å². The summed E-state index contributed by atoms with van der Waals surface area (Å²) in [4.78, 5) is 5.07. The topological polar surface area (TPSA) is 33.4 Å². The molecule has 0 saturated carbocycles. The van der Waals surface area contributed by atoms with Gasteiger partial charge in [0, 0.05) is 20.3 Å². The van der Waals surface area contributed by atoms with Crippen molar-refractivity contribution in [1.29, 1.82) is 0 Å². The van der Waals surface area contributed by atoms with Crippen LogP contribution in [0.25, 0.3) is 5.65 Å². The van der Waals surface area contributed by atoms with E-state index in [1.807, 2.05) is 0 Å². The molecule has 1 aliphatic rings. The van der Waals surface area contributed by atoms with Crippen LogP contribution in [0.4, 0.5) is 5.69 Å². The van der Waals surface area contributed by atoms with Gasteiger partial charge < -0.3 is 4.90 Å². The van der Waals surface area contributed by atoms with Crippen LogP contribution in [0, 0.1) is 0 Å². The van der Waals surface area contributed by atoms with Crippen LogP contribution in [0.5, 0.6) is 0 Å². The molecule has 1 unspecified atom stereocenters. The van der Waals surface area contributed by atoms with Crippen molar-refractivity contribution in [1.82, 2.24) is 14.6 Å². The highest BCUT2D eigenvalue weighted by Gasteiger charge is 2.27. The maximum absolute atomic E-state index is 9.48. The summed E-state index contributed by atoms with van der Waals surface area (Å²) in [6, 6.07) is 14.2. The quantitative estimate of drug-likeness (QED) is 0.465. The number of pyridine rings is 1. The summed E-state index contributed by atoms with van der Waals surface area (Å²) >= 11 is 12.3. The molecule has 4 nitrogen and oxygen atoms in total. The van der Waals surface area contributed by atoms with Crippen molar-refractivity contribution in [2.45, 2.75) is 12.4 Å². The molecule has 1 atom stereocenters. The van der Waals surface area contributed by atoms with Gasteiger partial charge in [0.15, 0.2) is 5.65 Å². The van der Waals surface area contributed by atoms with E-state index in [1.165, 1.54) is 29.2 Å². The van der Waals surface area contributed by atoms with Crippen molar-refractivity contribution in [2.24, 2.45) is 0 Å². The highest BCUT2D eigenvalue weighted by molar-refractivity contribution is 6.42. The predicted molar refractivity (Wildman–Crippen MR) is 109 cm³/mol. The highest BCUT2D eigenvalue weighted by Crippen LogP contribution is 2.37. The summed E-state index contributed by atoms with van der Waals surface area (Å²) < 4.78 is 47.0. The number of rotatable bonds is 2. The minimum atomic E-state index is -2.55. The van der Waals surface area contributed by atoms with Crippen molar-refractivity contribution < 1.29 is 6.85 Å². The van der Waals surface area contributed by atoms with Crippen LogP contribution in [0.2, 0.25) is 10.0 Å². The Labute approximate surface area is 174 Å². The van der Waals surface area contributed by atoms with Crippen LogP contribution in [-0.2, 0) is 6.50 Å². The van der Waals surface area contributed by atoms with E-state index in [-0.39, 0.29) is 32.4 Å². The molecule has 5 rings (SSSR count). The number of hydrogen-bond donors (Lipinski definition) is 0. The van der Waals surface area contributed by atoms with Gasteiger partial charge in [0.2, 0.25) is 0 Å². The van der Waals surface area contributed by atoms with Crippen LogP contribution >= 0.6 is 23.2 Å². The second-order valence-corrected chi connectivity index (χ2v) is 6.87. The molecule has 3 heterocycles. The maximum atomic E-state index is 9.48. The average molecular weight is 400 g/mol. The molecule has 4 aromatic rings. The monoisotopic (exact) mass is 399 g/mol. The first-order chi connectivity index (χ1) is 15.1. The minimum Gasteiger partial charge on any atom is -0.365 e. The standard InChI is InChI=1S/C21H16Cl2N4/c22-19-7-5-14(9-20(19)23)18-12-26(10-15-3-1-2-4-17(15)18)16-6-8-21-24-13-25-27(21)11-16/h1-9,11,13,18H,10,12H2/i10D2,12D2,18D. The smallest absolute Gasteiger partial charge is 0.155 e. The van der Waals surface area contributed by atoms with Crippen molar-refractivity contribution >= 4 is 34.5 Å². The Hall–Kier alpha value is -2.56. The van der Waals surface area contributed by atoms with E-state index >= 15 is 0 Å². The maximum Gasteiger partial charge on any atom is 0.155 e. The lowest BCUT2D eigenvalue weighted by Crippen LogP contribution is -2.34. The fourth-order valence-corrected chi connectivity index (χ4v) is 3.36. The van der Waals surface area contributed by atoms with Crippen molar-refractivity contribution in [3.63, 3.8) is 0 Å². The Kier molecular flexibility index (Phi) is 2.91. The van der Waals surface area contributed by atoms with E-state index in [0.29, 0.717) is 5.65 Å². The number of fused-ring (bicyclic) bond motifs is 2. The van der Waals surface area contributed by atoms with Crippen LogP contribution < -0.4 is 4.90 Å². The number of nitrogens with zero attached hydrogens (tertiary/aromatic N) is 4. The second kappa shape index (κ2) is 6.55. The molecule has 0 aliphatic carbocycles. The summed E-state index contributed by atoms with van der Waals surface area (Å²) in [7, 11) is 0. The molecule has 0 spiro atoms. The van der Waals surface area contributed by atoms with E-state index in [9.17, 15) is 1.37 Å². The summed E-state index contributed by atoms with van der Waals surface area (Å²) in [5, 5.41) is 4.56. The molecular weight excluding hydrogens is 379 g/mol. The largest absolute Gasteiger partial charge is 0.365 e. The first kappa shape index (κ1) is 12.0. The zero-order chi connectivity index (χ0) is 22.9. The van der Waals surface area contributed by atoms with Crippen LogP contribution in [0.15, 0.2) is 67.1 Å². The number of benzene rings is 2. The van der Waals surface area contributed by atoms with Gasteiger partial charge in [-0.15, -0.1) is 0 Å². The van der Waals surface area contributed by atoms with Gasteiger partial charge in [-0.2, -0.15) is 5.10 Å². The number of halogens is 2. The van der Waals surface area contributed by atoms with E-state index in [4.69, 9.17) is 28.7 Å². The van der Waals surface area contributed by atoms with Crippen LogP contribution in [-0.4, -0.2) is 21.1 Å². The molecule has 27 heavy (non-hydrogen) atoms. The number of aromatic nitrogens is 3. The van der Waals surface area contributed by atoms with Gasteiger partial charge in [0.05, 0.1) is 27.4 Å². The van der Waals surface area contributed by atoms with Crippen LogP contribution in [0.1, 0.15) is 29.4 Å². The highest BCUT2D eigenvalue weighted by atomic mass is 35.5. The molecule has 0 N–H and O–H groups in total. The summed E-state index contributed by atoms with van der Waals surface area (Å²) in [6.45, 7) is -4.81. The number of anilines is 1. The molecule has 0 radical (unpaired) electrons. The third-order valence-electron chi connectivity index (χ3n) is 4.38. The first-order valence-electron chi connectivity index (χ1n) is 10.7. The lowest BCUT2D eigenvalue weighted by Gasteiger charge is -2.36. The third-order valence-corrected chi connectivity index (χ3v) is 5.12. The Morgan fingerprint density at radius 1 is 1.07 bits per heavy atom. The lowest BCUT2D eigenvalue weighted by atomic mass is 9.84. The van der Waals surface area contributed by atoms with Gasteiger partial charge in [0.25, 0.3) is 0 Å². The van der Waals surface area contributed by atoms with Gasteiger partial charge >= 0.3 is 0 Å². The Morgan fingerprint density at radius 2 is 1.96 bits per heavy atom. The molecule has 0 bridgehead atoms. The molecule has 6 heteroatoms. The van der Waals surface area contributed by atoms with Crippen LogP contribution in [0.3, 0.4) is 0 Å². The molecule has 0 amide bonds. The summed E-state index contributed by atoms with van der Waals surface area (Å²) in [6.07, 6.45) is 2.86. The van der Waals surface area contributed by atoms with E-state index < -0.39 is 18.9 Å². The lowest BCUT2D eigenvalue weighted by molar-refractivity contribution is 0.663.